The van der Waals surface area contributed by atoms with Crippen LogP contribution in [-0.2, 0) is 6.54 Å². The number of rotatable bonds is 2. The summed E-state index contributed by atoms with van der Waals surface area (Å²) in [6.07, 6.45) is 1.88. The second kappa shape index (κ2) is 5.13. The second-order valence-electron chi connectivity index (χ2n) is 5.25. The summed E-state index contributed by atoms with van der Waals surface area (Å²) in [6, 6.07) is 10.6. The Morgan fingerprint density at radius 1 is 1.20 bits per heavy atom. The largest absolute Gasteiger partial charge is 0.371 e. The first-order valence-corrected chi connectivity index (χ1v) is 6.94. The lowest BCUT2D eigenvalue weighted by atomic mass is 10.1. The fourth-order valence-electron chi connectivity index (χ4n) is 2.75. The quantitative estimate of drug-likeness (QED) is 0.908. The van der Waals surface area contributed by atoms with Gasteiger partial charge in [-0.15, -0.1) is 0 Å². The second-order valence-corrected chi connectivity index (χ2v) is 5.25. The molecule has 1 aliphatic heterocycles. The highest BCUT2D eigenvalue weighted by Crippen LogP contribution is 2.37. The van der Waals surface area contributed by atoms with Gasteiger partial charge in [-0.2, -0.15) is 0 Å². The molecule has 0 radical (unpaired) electrons. The van der Waals surface area contributed by atoms with E-state index in [0.29, 0.717) is 6.54 Å². The number of pyridine rings is 1. The minimum absolute atomic E-state index is 0.535. The third-order valence-corrected chi connectivity index (χ3v) is 3.84. The van der Waals surface area contributed by atoms with Crippen LogP contribution in [0.4, 0.5) is 17.2 Å². The highest BCUT2D eigenvalue weighted by atomic mass is 15.3. The zero-order valence-corrected chi connectivity index (χ0v) is 12.0. The zero-order chi connectivity index (χ0) is 14.1. The van der Waals surface area contributed by atoms with E-state index in [1.54, 1.807) is 0 Å². The fourth-order valence-corrected chi connectivity index (χ4v) is 2.75. The maximum atomic E-state index is 5.68. The average molecular weight is 268 g/mol. The SMILES string of the molecule is Cc1cc(CN)cnc1N1CCN(C)c2ccccc21. The molecule has 1 aliphatic rings. The molecule has 20 heavy (non-hydrogen) atoms. The number of fused-ring (bicyclic) bond motifs is 1. The third-order valence-electron chi connectivity index (χ3n) is 3.84. The Morgan fingerprint density at radius 3 is 2.65 bits per heavy atom. The molecule has 0 bridgehead atoms. The number of benzene rings is 1. The average Bonchev–Trinajstić information content (AvgIpc) is 2.48. The summed E-state index contributed by atoms with van der Waals surface area (Å²) < 4.78 is 0. The molecule has 0 spiro atoms. The number of anilines is 3. The molecule has 4 heteroatoms. The number of hydrogen-bond donors (Lipinski definition) is 1. The molecule has 0 aliphatic carbocycles. The van der Waals surface area contributed by atoms with Crippen molar-refractivity contribution in [1.82, 2.24) is 4.98 Å². The molecular formula is C16H20N4. The van der Waals surface area contributed by atoms with Gasteiger partial charge in [-0.1, -0.05) is 12.1 Å². The van der Waals surface area contributed by atoms with Gasteiger partial charge in [0.1, 0.15) is 5.82 Å². The third kappa shape index (κ3) is 2.12. The smallest absolute Gasteiger partial charge is 0.135 e. The summed E-state index contributed by atoms with van der Waals surface area (Å²) >= 11 is 0. The van der Waals surface area contributed by atoms with E-state index < -0.39 is 0 Å². The molecule has 0 fully saturated rings. The predicted molar refractivity (Wildman–Crippen MR) is 83.6 cm³/mol. The highest BCUT2D eigenvalue weighted by molar-refractivity contribution is 5.78. The van der Waals surface area contributed by atoms with E-state index in [9.17, 15) is 0 Å². The van der Waals surface area contributed by atoms with E-state index in [1.165, 1.54) is 16.9 Å². The monoisotopic (exact) mass is 268 g/mol. The van der Waals surface area contributed by atoms with Crippen molar-refractivity contribution in [2.75, 3.05) is 29.9 Å². The summed E-state index contributed by atoms with van der Waals surface area (Å²) in [5.41, 5.74) is 10.4. The number of nitrogens with two attached hydrogens (primary N) is 1. The summed E-state index contributed by atoms with van der Waals surface area (Å²) in [6.45, 7) is 4.58. The van der Waals surface area contributed by atoms with Gasteiger partial charge in [-0.05, 0) is 36.2 Å². The molecule has 2 heterocycles. The topological polar surface area (TPSA) is 45.4 Å². The fraction of sp³-hybridized carbons (Fsp3) is 0.312. The number of aryl methyl sites for hydroxylation is 1. The van der Waals surface area contributed by atoms with E-state index in [2.05, 4.69) is 59.1 Å². The molecule has 0 saturated heterocycles. The Balaban J connectivity index is 2.05. The van der Waals surface area contributed by atoms with Crippen LogP contribution in [0.5, 0.6) is 0 Å². The Hall–Kier alpha value is -2.07. The van der Waals surface area contributed by atoms with Crippen LogP contribution in [0, 0.1) is 6.92 Å². The van der Waals surface area contributed by atoms with E-state index in [0.717, 1.165) is 24.5 Å². The van der Waals surface area contributed by atoms with Gasteiger partial charge in [-0.3, -0.25) is 0 Å². The molecule has 0 amide bonds. The Morgan fingerprint density at radius 2 is 1.95 bits per heavy atom. The number of aromatic nitrogens is 1. The zero-order valence-electron chi connectivity index (χ0n) is 12.0. The number of para-hydroxylation sites is 2. The molecule has 0 atom stereocenters. The highest BCUT2D eigenvalue weighted by Gasteiger charge is 2.22. The maximum Gasteiger partial charge on any atom is 0.135 e. The van der Waals surface area contributed by atoms with E-state index in [-0.39, 0.29) is 0 Å². The van der Waals surface area contributed by atoms with Gasteiger partial charge in [0.2, 0.25) is 0 Å². The normalized spacial score (nSPS) is 14.3. The van der Waals surface area contributed by atoms with Crippen molar-refractivity contribution in [3.8, 4) is 0 Å². The molecule has 1 aromatic carbocycles. The molecule has 3 rings (SSSR count). The molecule has 1 aromatic heterocycles. The van der Waals surface area contributed by atoms with Crippen molar-refractivity contribution in [2.45, 2.75) is 13.5 Å². The number of nitrogens with zero attached hydrogens (tertiary/aromatic N) is 3. The Bertz CT molecular complexity index is 624. The Kier molecular flexibility index (Phi) is 3.32. The van der Waals surface area contributed by atoms with Gasteiger partial charge in [0.25, 0.3) is 0 Å². The lowest BCUT2D eigenvalue weighted by molar-refractivity contribution is 0.809. The summed E-state index contributed by atoms with van der Waals surface area (Å²) in [4.78, 5) is 9.21. The van der Waals surface area contributed by atoms with Crippen molar-refractivity contribution in [3.05, 3.63) is 47.7 Å². The van der Waals surface area contributed by atoms with E-state index in [4.69, 9.17) is 5.73 Å². The maximum absolute atomic E-state index is 5.68. The van der Waals surface area contributed by atoms with Crippen LogP contribution in [0.2, 0.25) is 0 Å². The minimum Gasteiger partial charge on any atom is -0.371 e. The standard InChI is InChI=1S/C16H20N4/c1-12-9-13(10-17)11-18-16(12)20-8-7-19(2)14-5-3-4-6-15(14)20/h3-6,9,11H,7-8,10,17H2,1-2H3. The summed E-state index contributed by atoms with van der Waals surface area (Å²) in [5, 5.41) is 0. The molecule has 4 nitrogen and oxygen atoms in total. The molecule has 104 valence electrons. The van der Waals surface area contributed by atoms with Crippen LogP contribution in [0.15, 0.2) is 36.5 Å². The first kappa shape index (κ1) is 12.9. The number of likely N-dealkylation sites (N-methyl/N-ethyl adjacent to an activating group) is 1. The molecule has 0 unspecified atom stereocenters. The molecular weight excluding hydrogens is 248 g/mol. The van der Waals surface area contributed by atoms with E-state index >= 15 is 0 Å². The van der Waals surface area contributed by atoms with Gasteiger partial charge in [-0.25, -0.2) is 4.98 Å². The van der Waals surface area contributed by atoms with Crippen molar-refractivity contribution in [3.63, 3.8) is 0 Å². The van der Waals surface area contributed by atoms with Gasteiger partial charge in [0.15, 0.2) is 0 Å². The van der Waals surface area contributed by atoms with Gasteiger partial charge < -0.3 is 15.5 Å². The molecule has 0 saturated carbocycles. The van der Waals surface area contributed by atoms with Crippen LogP contribution in [0.1, 0.15) is 11.1 Å². The predicted octanol–water partition coefficient (Wildman–Crippen LogP) is 2.44. The molecule has 2 N–H and O–H groups in total. The lowest BCUT2D eigenvalue weighted by Gasteiger charge is -2.36. The summed E-state index contributed by atoms with van der Waals surface area (Å²) in [7, 11) is 2.13. The molecule has 2 aromatic rings. The van der Waals surface area contributed by atoms with Gasteiger partial charge in [0, 0.05) is 32.9 Å². The lowest BCUT2D eigenvalue weighted by Crippen LogP contribution is -2.37. The van der Waals surface area contributed by atoms with Crippen molar-refractivity contribution in [2.24, 2.45) is 5.73 Å². The number of hydrogen-bond acceptors (Lipinski definition) is 4. The van der Waals surface area contributed by atoms with Crippen molar-refractivity contribution < 1.29 is 0 Å². The first-order chi connectivity index (χ1) is 9.70. The minimum atomic E-state index is 0.535. The van der Waals surface area contributed by atoms with Crippen molar-refractivity contribution >= 4 is 17.2 Å². The van der Waals surface area contributed by atoms with Gasteiger partial charge >= 0.3 is 0 Å². The Labute approximate surface area is 119 Å². The van der Waals surface area contributed by atoms with Crippen LogP contribution >= 0.6 is 0 Å². The van der Waals surface area contributed by atoms with Crippen LogP contribution in [0.25, 0.3) is 0 Å². The van der Waals surface area contributed by atoms with Crippen LogP contribution < -0.4 is 15.5 Å². The van der Waals surface area contributed by atoms with E-state index in [1.807, 2.05) is 6.20 Å². The van der Waals surface area contributed by atoms with Crippen molar-refractivity contribution in [1.29, 1.82) is 0 Å². The van der Waals surface area contributed by atoms with Gasteiger partial charge in [0.05, 0.1) is 11.4 Å². The summed E-state index contributed by atoms with van der Waals surface area (Å²) in [5.74, 6) is 1.03. The van der Waals surface area contributed by atoms with Crippen LogP contribution in [0.3, 0.4) is 0 Å². The van der Waals surface area contributed by atoms with Crippen LogP contribution in [-0.4, -0.2) is 25.1 Å². The first-order valence-electron chi connectivity index (χ1n) is 6.94.